The van der Waals surface area contributed by atoms with Gasteiger partial charge in [0, 0.05) is 24.2 Å². The van der Waals surface area contributed by atoms with Crippen LogP contribution < -0.4 is 16.4 Å². The fraction of sp³-hybridized carbons (Fsp3) is 0.250. The molecule has 0 bridgehead atoms. The van der Waals surface area contributed by atoms with Crippen LogP contribution in [0.3, 0.4) is 0 Å². The van der Waals surface area contributed by atoms with Crippen LogP contribution in [0.1, 0.15) is 30.1 Å². The van der Waals surface area contributed by atoms with Gasteiger partial charge in [-0.1, -0.05) is 0 Å². The van der Waals surface area contributed by atoms with E-state index in [1.165, 1.54) is 24.3 Å². The lowest BCUT2D eigenvalue weighted by Gasteiger charge is -2.23. The second kappa shape index (κ2) is 8.08. The number of nitrogens with two attached hydrogens (primary N) is 1. The number of halogens is 1. The molecule has 3 amide bonds. The number of hydrogen-bond acceptors (Lipinski definition) is 4. The van der Waals surface area contributed by atoms with Crippen LogP contribution in [0.15, 0.2) is 42.5 Å². The van der Waals surface area contributed by atoms with Gasteiger partial charge in [0.2, 0.25) is 11.8 Å². The molecule has 1 aliphatic rings. The van der Waals surface area contributed by atoms with Crippen molar-refractivity contribution in [3.8, 4) is 0 Å². The van der Waals surface area contributed by atoms with Crippen LogP contribution in [-0.4, -0.2) is 35.2 Å². The van der Waals surface area contributed by atoms with Crippen molar-refractivity contribution in [3.63, 3.8) is 0 Å². The molecule has 1 aliphatic heterocycles. The molecule has 1 heterocycles. The Morgan fingerprint density at radius 3 is 2.50 bits per heavy atom. The average Bonchev–Trinajstić information content (AvgIpc) is 3.10. The molecule has 1 saturated heterocycles. The molecule has 28 heavy (non-hydrogen) atoms. The molecule has 7 nitrogen and oxygen atoms in total. The Labute approximate surface area is 161 Å². The minimum absolute atomic E-state index is 0.0220. The van der Waals surface area contributed by atoms with E-state index in [4.69, 9.17) is 5.73 Å². The lowest BCUT2D eigenvalue weighted by atomic mass is 10.1. The first-order valence-corrected chi connectivity index (χ1v) is 8.92. The molecule has 3 rings (SSSR count). The van der Waals surface area contributed by atoms with Gasteiger partial charge < -0.3 is 21.3 Å². The van der Waals surface area contributed by atoms with Gasteiger partial charge in [0.05, 0.1) is 11.4 Å². The fourth-order valence-electron chi connectivity index (χ4n) is 3.00. The Hall–Kier alpha value is -3.42. The first-order chi connectivity index (χ1) is 13.3. The summed E-state index contributed by atoms with van der Waals surface area (Å²) in [5.41, 5.74) is 7.00. The number of nitrogens with zero attached hydrogens (tertiary/aromatic N) is 1. The largest absolute Gasteiger partial charge is 0.397 e. The lowest BCUT2D eigenvalue weighted by Crippen LogP contribution is -2.42. The molecule has 1 fully saturated rings. The minimum atomic E-state index is -0.561. The summed E-state index contributed by atoms with van der Waals surface area (Å²) < 4.78 is 13.3. The van der Waals surface area contributed by atoms with E-state index in [0.717, 1.165) is 12.5 Å². The standard InChI is InChI=1S/C20H21FN4O3/c1-12(25-10-2-3-18(25)26)19(27)23-15-7-4-13(5-8-15)20(28)24-17-11-14(21)6-9-16(17)22/h4-9,11-12H,2-3,10,22H2,1H3,(H,23,27)(H,24,28). The summed E-state index contributed by atoms with van der Waals surface area (Å²) in [5.74, 6) is -1.27. The highest BCUT2D eigenvalue weighted by Gasteiger charge is 2.29. The molecule has 2 aromatic carbocycles. The van der Waals surface area contributed by atoms with Crippen molar-refractivity contribution in [3.05, 3.63) is 53.8 Å². The van der Waals surface area contributed by atoms with Gasteiger partial charge in [0.15, 0.2) is 0 Å². The van der Waals surface area contributed by atoms with E-state index in [1.807, 2.05) is 0 Å². The molecule has 146 valence electrons. The van der Waals surface area contributed by atoms with E-state index in [9.17, 15) is 18.8 Å². The monoisotopic (exact) mass is 384 g/mol. The summed E-state index contributed by atoms with van der Waals surface area (Å²) in [5, 5.41) is 5.29. The number of benzene rings is 2. The molecule has 4 N–H and O–H groups in total. The van der Waals surface area contributed by atoms with Gasteiger partial charge in [0.1, 0.15) is 11.9 Å². The Morgan fingerprint density at radius 1 is 1.14 bits per heavy atom. The molecule has 0 radical (unpaired) electrons. The smallest absolute Gasteiger partial charge is 0.255 e. The second-order valence-corrected chi connectivity index (χ2v) is 6.62. The van der Waals surface area contributed by atoms with E-state index < -0.39 is 17.8 Å². The van der Waals surface area contributed by atoms with Crippen molar-refractivity contribution in [2.45, 2.75) is 25.8 Å². The Bertz CT molecular complexity index is 914. The topological polar surface area (TPSA) is 105 Å². The predicted octanol–water partition coefficient (Wildman–Crippen LogP) is 2.61. The van der Waals surface area contributed by atoms with Crippen molar-refractivity contribution < 1.29 is 18.8 Å². The Balaban J connectivity index is 1.62. The van der Waals surface area contributed by atoms with Gasteiger partial charge in [-0.05, 0) is 55.8 Å². The maximum atomic E-state index is 13.3. The number of rotatable bonds is 5. The van der Waals surface area contributed by atoms with Crippen LogP contribution in [0, 0.1) is 5.82 Å². The van der Waals surface area contributed by atoms with Crippen LogP contribution in [0.2, 0.25) is 0 Å². The third kappa shape index (κ3) is 4.28. The van der Waals surface area contributed by atoms with Gasteiger partial charge in [-0.3, -0.25) is 14.4 Å². The molecule has 2 aromatic rings. The highest BCUT2D eigenvalue weighted by atomic mass is 19.1. The third-order valence-electron chi connectivity index (χ3n) is 4.64. The predicted molar refractivity (Wildman–Crippen MR) is 104 cm³/mol. The molecule has 1 unspecified atom stereocenters. The van der Waals surface area contributed by atoms with Crippen molar-refractivity contribution in [2.24, 2.45) is 0 Å². The summed E-state index contributed by atoms with van der Waals surface area (Å²) in [6.45, 7) is 2.26. The maximum absolute atomic E-state index is 13.3. The highest BCUT2D eigenvalue weighted by molar-refractivity contribution is 6.06. The van der Waals surface area contributed by atoms with Crippen LogP contribution in [0.4, 0.5) is 21.5 Å². The lowest BCUT2D eigenvalue weighted by molar-refractivity contribution is -0.134. The number of nitrogen functional groups attached to an aromatic ring is 1. The van der Waals surface area contributed by atoms with Gasteiger partial charge in [0.25, 0.3) is 5.91 Å². The number of amides is 3. The van der Waals surface area contributed by atoms with Crippen LogP contribution in [0.5, 0.6) is 0 Å². The molecular formula is C20H21FN4O3. The minimum Gasteiger partial charge on any atom is -0.397 e. The number of hydrogen-bond donors (Lipinski definition) is 3. The molecule has 0 spiro atoms. The number of carbonyl (C=O) groups is 3. The van der Waals surface area contributed by atoms with E-state index in [2.05, 4.69) is 10.6 Å². The van der Waals surface area contributed by atoms with E-state index in [1.54, 1.807) is 24.0 Å². The molecule has 0 saturated carbocycles. The highest BCUT2D eigenvalue weighted by Crippen LogP contribution is 2.21. The summed E-state index contributed by atoms with van der Waals surface area (Å²) in [6.07, 6.45) is 1.23. The van der Waals surface area contributed by atoms with Crippen LogP contribution in [-0.2, 0) is 9.59 Å². The number of carbonyl (C=O) groups excluding carboxylic acids is 3. The van der Waals surface area contributed by atoms with E-state index in [0.29, 0.717) is 24.2 Å². The Morgan fingerprint density at radius 2 is 1.86 bits per heavy atom. The summed E-state index contributed by atoms with van der Waals surface area (Å²) >= 11 is 0. The van der Waals surface area contributed by atoms with Crippen molar-refractivity contribution in [1.29, 1.82) is 0 Å². The zero-order chi connectivity index (χ0) is 20.3. The molecular weight excluding hydrogens is 363 g/mol. The molecule has 0 aromatic heterocycles. The fourth-order valence-corrected chi connectivity index (χ4v) is 3.00. The molecule has 1 atom stereocenters. The maximum Gasteiger partial charge on any atom is 0.255 e. The van der Waals surface area contributed by atoms with Gasteiger partial charge in [-0.2, -0.15) is 0 Å². The summed E-state index contributed by atoms with van der Waals surface area (Å²) in [7, 11) is 0. The normalized spacial score (nSPS) is 14.6. The second-order valence-electron chi connectivity index (χ2n) is 6.62. The average molecular weight is 384 g/mol. The van der Waals surface area contributed by atoms with Crippen molar-refractivity contribution in [2.75, 3.05) is 22.9 Å². The van der Waals surface area contributed by atoms with Gasteiger partial charge >= 0.3 is 0 Å². The quantitative estimate of drug-likeness (QED) is 0.689. The summed E-state index contributed by atoms with van der Waals surface area (Å²) in [4.78, 5) is 38.0. The molecule has 0 aliphatic carbocycles. The van der Waals surface area contributed by atoms with Gasteiger partial charge in [-0.15, -0.1) is 0 Å². The zero-order valence-electron chi connectivity index (χ0n) is 15.4. The number of nitrogens with one attached hydrogen (secondary N) is 2. The van der Waals surface area contributed by atoms with E-state index in [-0.39, 0.29) is 23.2 Å². The number of anilines is 3. The van der Waals surface area contributed by atoms with Gasteiger partial charge in [-0.25, -0.2) is 4.39 Å². The SMILES string of the molecule is CC(C(=O)Nc1ccc(C(=O)Nc2cc(F)ccc2N)cc1)N1CCCC1=O. The zero-order valence-corrected chi connectivity index (χ0v) is 15.4. The van der Waals surface area contributed by atoms with Crippen LogP contribution in [0.25, 0.3) is 0 Å². The first-order valence-electron chi connectivity index (χ1n) is 8.92. The third-order valence-corrected chi connectivity index (χ3v) is 4.64. The van der Waals surface area contributed by atoms with E-state index >= 15 is 0 Å². The first kappa shape index (κ1) is 19.3. The van der Waals surface area contributed by atoms with Crippen molar-refractivity contribution >= 4 is 34.8 Å². The Kier molecular flexibility index (Phi) is 5.58. The number of likely N-dealkylation sites (tertiary alicyclic amines) is 1. The van der Waals surface area contributed by atoms with Crippen LogP contribution >= 0.6 is 0 Å². The van der Waals surface area contributed by atoms with Crippen molar-refractivity contribution in [1.82, 2.24) is 4.90 Å². The molecule has 8 heteroatoms. The summed E-state index contributed by atoms with van der Waals surface area (Å²) in [6, 6.07) is 9.39.